The minimum atomic E-state index is 0.350. The summed E-state index contributed by atoms with van der Waals surface area (Å²) in [5, 5.41) is 0. The van der Waals surface area contributed by atoms with E-state index in [4.69, 9.17) is 10.3 Å². The third kappa shape index (κ3) is 2.72. The summed E-state index contributed by atoms with van der Waals surface area (Å²) >= 11 is 0. The molecule has 0 saturated carbocycles. The molecular weight excluding hydrogens is 236 g/mol. The Hall–Kier alpha value is -1.58. The Balaban J connectivity index is 1.54. The smallest absolute Gasteiger partial charge is 0.103 e. The van der Waals surface area contributed by atoms with Crippen LogP contribution in [0.15, 0.2) is 47.1 Å². The van der Waals surface area contributed by atoms with Crippen molar-refractivity contribution >= 4 is 0 Å². The fourth-order valence-electron chi connectivity index (χ4n) is 2.96. The summed E-state index contributed by atoms with van der Waals surface area (Å²) in [5.41, 5.74) is 5.95. The summed E-state index contributed by atoms with van der Waals surface area (Å²) in [4.78, 5) is 0. The summed E-state index contributed by atoms with van der Waals surface area (Å²) in [7, 11) is 0. The van der Waals surface area contributed by atoms with Gasteiger partial charge in [0.1, 0.15) is 5.76 Å². The monoisotopic (exact) mass is 256 g/mol. The lowest BCUT2D eigenvalue weighted by Crippen LogP contribution is -2.38. The molecule has 2 unspecified atom stereocenters. The molecule has 1 aliphatic rings. The Kier molecular flexibility index (Phi) is 3.67. The van der Waals surface area contributed by atoms with E-state index in [0.717, 1.165) is 25.0 Å². The van der Waals surface area contributed by atoms with Crippen molar-refractivity contribution in [3.63, 3.8) is 0 Å². The first-order valence-electron chi connectivity index (χ1n) is 6.93. The maximum Gasteiger partial charge on any atom is 0.103 e. The van der Waals surface area contributed by atoms with E-state index >= 15 is 0 Å². The van der Waals surface area contributed by atoms with Crippen LogP contribution in [0.5, 0.6) is 0 Å². The van der Waals surface area contributed by atoms with Crippen LogP contribution in [0, 0.1) is 0 Å². The zero-order chi connectivity index (χ0) is 13.1. The van der Waals surface area contributed by atoms with Crippen molar-refractivity contribution in [3.8, 4) is 0 Å². The van der Waals surface area contributed by atoms with E-state index < -0.39 is 0 Å². The largest absolute Gasteiger partial charge is 0.469 e. The van der Waals surface area contributed by atoms with Crippen LogP contribution in [0.3, 0.4) is 0 Å². The van der Waals surface area contributed by atoms with Crippen LogP contribution in [0.25, 0.3) is 0 Å². The molecule has 1 heterocycles. The second-order valence-corrected chi connectivity index (χ2v) is 5.32. The van der Waals surface area contributed by atoms with Crippen LogP contribution in [-0.2, 0) is 12.8 Å². The van der Waals surface area contributed by atoms with Gasteiger partial charge in [-0.05, 0) is 48.4 Å². The first kappa shape index (κ1) is 12.5. The second-order valence-electron chi connectivity index (χ2n) is 5.32. The number of furan rings is 1. The van der Waals surface area contributed by atoms with Gasteiger partial charge >= 0.3 is 0 Å². The molecule has 1 aliphatic carbocycles. The topological polar surface area (TPSA) is 51.2 Å². The number of hydrazine groups is 1. The van der Waals surface area contributed by atoms with Crippen molar-refractivity contribution in [3.05, 3.63) is 59.5 Å². The first-order valence-corrected chi connectivity index (χ1v) is 6.93. The van der Waals surface area contributed by atoms with Crippen LogP contribution in [0.2, 0.25) is 0 Å². The lowest BCUT2D eigenvalue weighted by atomic mass is 9.74. The predicted octanol–water partition coefficient (Wildman–Crippen LogP) is 2.77. The van der Waals surface area contributed by atoms with Gasteiger partial charge in [0.05, 0.1) is 6.26 Å². The van der Waals surface area contributed by atoms with Gasteiger partial charge < -0.3 is 4.42 Å². The van der Waals surface area contributed by atoms with Gasteiger partial charge in [0.25, 0.3) is 0 Å². The average molecular weight is 256 g/mol. The molecule has 2 aromatic rings. The van der Waals surface area contributed by atoms with E-state index in [1.54, 1.807) is 6.26 Å². The highest BCUT2D eigenvalue weighted by Crippen LogP contribution is 2.38. The van der Waals surface area contributed by atoms with Gasteiger partial charge in [-0.1, -0.05) is 24.3 Å². The van der Waals surface area contributed by atoms with Crippen molar-refractivity contribution in [2.45, 2.75) is 37.6 Å². The molecule has 0 radical (unpaired) electrons. The van der Waals surface area contributed by atoms with E-state index in [0.29, 0.717) is 12.0 Å². The van der Waals surface area contributed by atoms with Gasteiger partial charge in [0, 0.05) is 12.5 Å². The van der Waals surface area contributed by atoms with E-state index in [9.17, 15) is 0 Å². The van der Waals surface area contributed by atoms with E-state index in [1.807, 2.05) is 12.1 Å². The number of rotatable bonds is 6. The SMILES string of the molecule is NNC(CCc1ccco1)CC1Cc2ccccc21. The molecule has 19 heavy (non-hydrogen) atoms. The molecule has 3 N–H and O–H groups in total. The lowest BCUT2D eigenvalue weighted by molar-refractivity contribution is 0.390. The molecule has 3 rings (SSSR count). The van der Waals surface area contributed by atoms with Crippen molar-refractivity contribution in [1.29, 1.82) is 0 Å². The Morgan fingerprint density at radius 2 is 2.16 bits per heavy atom. The summed E-state index contributed by atoms with van der Waals surface area (Å²) in [5.74, 6) is 7.38. The number of nitrogens with two attached hydrogens (primary N) is 1. The average Bonchev–Trinajstić information content (AvgIpc) is 2.92. The van der Waals surface area contributed by atoms with Crippen molar-refractivity contribution < 1.29 is 4.42 Å². The Labute approximate surface area is 113 Å². The molecule has 0 saturated heterocycles. The van der Waals surface area contributed by atoms with Crippen molar-refractivity contribution in [1.82, 2.24) is 5.43 Å². The van der Waals surface area contributed by atoms with Gasteiger partial charge in [0.15, 0.2) is 0 Å². The minimum Gasteiger partial charge on any atom is -0.469 e. The highest BCUT2D eigenvalue weighted by molar-refractivity contribution is 5.39. The third-order valence-corrected chi connectivity index (χ3v) is 4.09. The molecule has 0 fully saturated rings. The molecule has 0 aliphatic heterocycles. The van der Waals surface area contributed by atoms with Crippen molar-refractivity contribution in [2.75, 3.05) is 0 Å². The molecule has 3 nitrogen and oxygen atoms in total. The molecule has 3 heteroatoms. The molecular formula is C16H20N2O. The fraction of sp³-hybridized carbons (Fsp3) is 0.375. The quantitative estimate of drug-likeness (QED) is 0.617. The van der Waals surface area contributed by atoms with Crippen LogP contribution in [-0.4, -0.2) is 6.04 Å². The van der Waals surface area contributed by atoms with Crippen LogP contribution in [0.1, 0.15) is 35.6 Å². The van der Waals surface area contributed by atoms with Gasteiger partial charge in [-0.2, -0.15) is 0 Å². The molecule has 1 aromatic heterocycles. The number of hydrogen-bond donors (Lipinski definition) is 2. The Bertz CT molecular complexity index is 521. The summed E-state index contributed by atoms with van der Waals surface area (Å²) < 4.78 is 5.36. The number of benzene rings is 1. The fourth-order valence-corrected chi connectivity index (χ4v) is 2.96. The van der Waals surface area contributed by atoms with E-state index in [-0.39, 0.29) is 0 Å². The normalized spacial score (nSPS) is 18.7. The zero-order valence-corrected chi connectivity index (χ0v) is 11.0. The Morgan fingerprint density at radius 3 is 2.89 bits per heavy atom. The summed E-state index contributed by atoms with van der Waals surface area (Å²) in [6, 6.07) is 13.0. The van der Waals surface area contributed by atoms with Crippen LogP contribution < -0.4 is 11.3 Å². The molecule has 1 aromatic carbocycles. The maximum atomic E-state index is 5.68. The first-order chi connectivity index (χ1) is 9.36. The number of fused-ring (bicyclic) bond motifs is 1. The molecule has 0 bridgehead atoms. The van der Waals surface area contributed by atoms with Crippen LogP contribution in [0.4, 0.5) is 0 Å². The number of hydrogen-bond acceptors (Lipinski definition) is 3. The third-order valence-electron chi connectivity index (χ3n) is 4.09. The van der Waals surface area contributed by atoms with Gasteiger partial charge in [0.2, 0.25) is 0 Å². The van der Waals surface area contributed by atoms with Crippen LogP contribution >= 0.6 is 0 Å². The number of aryl methyl sites for hydroxylation is 1. The minimum absolute atomic E-state index is 0.350. The van der Waals surface area contributed by atoms with Gasteiger partial charge in [-0.25, -0.2) is 0 Å². The molecule has 0 amide bonds. The molecule has 0 spiro atoms. The summed E-state index contributed by atoms with van der Waals surface area (Å²) in [6.07, 6.45) is 5.98. The highest BCUT2D eigenvalue weighted by atomic mass is 16.3. The second kappa shape index (κ2) is 5.59. The molecule has 2 atom stereocenters. The number of nitrogens with one attached hydrogen (secondary N) is 1. The predicted molar refractivity (Wildman–Crippen MR) is 75.6 cm³/mol. The van der Waals surface area contributed by atoms with E-state index in [1.165, 1.54) is 17.5 Å². The maximum absolute atomic E-state index is 5.68. The van der Waals surface area contributed by atoms with Crippen molar-refractivity contribution in [2.24, 2.45) is 5.84 Å². The van der Waals surface area contributed by atoms with Gasteiger partial charge in [-0.15, -0.1) is 0 Å². The lowest BCUT2D eigenvalue weighted by Gasteiger charge is -2.32. The Morgan fingerprint density at radius 1 is 1.26 bits per heavy atom. The highest BCUT2D eigenvalue weighted by Gasteiger charge is 2.27. The van der Waals surface area contributed by atoms with Gasteiger partial charge in [-0.3, -0.25) is 11.3 Å². The summed E-state index contributed by atoms with van der Waals surface area (Å²) in [6.45, 7) is 0. The van der Waals surface area contributed by atoms with E-state index in [2.05, 4.69) is 29.7 Å². The zero-order valence-electron chi connectivity index (χ0n) is 11.0. The standard InChI is InChI=1S/C16H20N2O/c17-18-14(7-8-15-5-3-9-19-15)11-13-10-12-4-1-2-6-16(12)13/h1-6,9,13-14,18H,7-8,10-11,17H2. The molecule has 100 valence electrons.